The molecule has 0 radical (unpaired) electrons. The lowest BCUT2D eigenvalue weighted by molar-refractivity contribution is 0.438. The molecule has 0 N–H and O–H groups in total. The van der Waals surface area contributed by atoms with Gasteiger partial charge in [0.2, 0.25) is 0 Å². The van der Waals surface area contributed by atoms with Crippen molar-refractivity contribution in [2.24, 2.45) is 0 Å². The Morgan fingerprint density at radius 3 is 2.38 bits per heavy atom. The summed E-state index contributed by atoms with van der Waals surface area (Å²) in [6.07, 6.45) is 0. The van der Waals surface area contributed by atoms with Crippen molar-refractivity contribution >= 4 is 27.0 Å². The Hall–Kier alpha value is -2.08. The maximum Gasteiger partial charge on any atom is 0.253 e. The molecule has 3 aromatic rings. The van der Waals surface area contributed by atoms with Gasteiger partial charge in [-0.3, -0.25) is 0 Å². The van der Waals surface area contributed by atoms with Gasteiger partial charge in [0.15, 0.2) is 16.2 Å². The SMILES string of the molecule is Cc1c(Oc2nc3ccccc3nc2Br)ccc(F)c1F. The van der Waals surface area contributed by atoms with Gasteiger partial charge in [0, 0.05) is 5.56 Å². The standard InChI is InChI=1S/C15H9BrF2N2O/c1-8-12(7-6-9(17)13(8)18)21-15-14(16)19-10-4-2-3-5-11(10)20-15/h2-7H,1H3. The molecule has 0 atom stereocenters. The van der Waals surface area contributed by atoms with Crippen LogP contribution in [0.5, 0.6) is 11.6 Å². The maximum absolute atomic E-state index is 13.5. The molecular weight excluding hydrogens is 342 g/mol. The van der Waals surface area contributed by atoms with E-state index in [1.165, 1.54) is 13.0 Å². The van der Waals surface area contributed by atoms with Crippen LogP contribution in [0.3, 0.4) is 0 Å². The van der Waals surface area contributed by atoms with Crippen LogP contribution in [0, 0.1) is 18.6 Å². The van der Waals surface area contributed by atoms with E-state index < -0.39 is 11.6 Å². The highest BCUT2D eigenvalue weighted by atomic mass is 79.9. The zero-order chi connectivity index (χ0) is 15.0. The van der Waals surface area contributed by atoms with Gasteiger partial charge in [-0.05, 0) is 47.1 Å². The molecule has 0 amide bonds. The van der Waals surface area contributed by atoms with Gasteiger partial charge in [0.05, 0.1) is 11.0 Å². The number of ether oxygens (including phenoxy) is 1. The second-order valence-corrected chi connectivity index (χ2v) is 5.15. The van der Waals surface area contributed by atoms with Crippen LogP contribution in [0.4, 0.5) is 8.78 Å². The van der Waals surface area contributed by atoms with Gasteiger partial charge in [-0.1, -0.05) is 12.1 Å². The summed E-state index contributed by atoms with van der Waals surface area (Å²) in [5.41, 5.74) is 1.44. The Kier molecular flexibility index (Phi) is 3.55. The van der Waals surface area contributed by atoms with Crippen molar-refractivity contribution in [3.8, 4) is 11.6 Å². The van der Waals surface area contributed by atoms with Crippen molar-refractivity contribution in [1.29, 1.82) is 0 Å². The fourth-order valence-corrected chi connectivity index (χ4v) is 2.24. The molecule has 0 spiro atoms. The minimum atomic E-state index is -0.933. The van der Waals surface area contributed by atoms with Crippen LogP contribution in [-0.4, -0.2) is 9.97 Å². The molecule has 0 aliphatic rings. The molecule has 0 aliphatic carbocycles. The van der Waals surface area contributed by atoms with Gasteiger partial charge in [-0.15, -0.1) is 0 Å². The Labute approximate surface area is 127 Å². The Morgan fingerprint density at radius 2 is 1.67 bits per heavy atom. The highest BCUT2D eigenvalue weighted by molar-refractivity contribution is 9.10. The van der Waals surface area contributed by atoms with Crippen molar-refractivity contribution in [3.63, 3.8) is 0 Å². The summed E-state index contributed by atoms with van der Waals surface area (Å²) in [4.78, 5) is 8.62. The van der Waals surface area contributed by atoms with Crippen molar-refractivity contribution < 1.29 is 13.5 Å². The molecule has 3 rings (SSSR count). The molecule has 6 heteroatoms. The second-order valence-electron chi connectivity index (χ2n) is 4.39. The molecule has 0 fully saturated rings. The van der Waals surface area contributed by atoms with Crippen molar-refractivity contribution in [1.82, 2.24) is 9.97 Å². The van der Waals surface area contributed by atoms with Crippen LogP contribution in [0.2, 0.25) is 0 Å². The lowest BCUT2D eigenvalue weighted by atomic mass is 10.2. The van der Waals surface area contributed by atoms with E-state index in [4.69, 9.17) is 4.74 Å². The predicted octanol–water partition coefficient (Wildman–Crippen LogP) is 4.77. The Balaban J connectivity index is 2.06. The molecule has 1 aromatic heterocycles. The van der Waals surface area contributed by atoms with Crippen molar-refractivity contribution in [2.75, 3.05) is 0 Å². The van der Waals surface area contributed by atoms with Crippen LogP contribution < -0.4 is 4.74 Å². The van der Waals surface area contributed by atoms with Crippen LogP contribution in [-0.2, 0) is 0 Å². The van der Waals surface area contributed by atoms with E-state index >= 15 is 0 Å². The van der Waals surface area contributed by atoms with Crippen LogP contribution >= 0.6 is 15.9 Å². The fourth-order valence-electron chi connectivity index (χ4n) is 1.88. The highest BCUT2D eigenvalue weighted by Gasteiger charge is 2.14. The number of hydrogen-bond donors (Lipinski definition) is 0. The summed E-state index contributed by atoms with van der Waals surface area (Å²) < 4.78 is 32.6. The number of benzene rings is 2. The molecule has 0 aliphatic heterocycles. The first-order valence-corrected chi connectivity index (χ1v) is 6.90. The van der Waals surface area contributed by atoms with E-state index in [0.29, 0.717) is 15.6 Å². The number of rotatable bonds is 2. The van der Waals surface area contributed by atoms with Gasteiger partial charge in [-0.25, -0.2) is 18.7 Å². The summed E-state index contributed by atoms with van der Waals surface area (Å²) in [6, 6.07) is 9.66. The number of fused-ring (bicyclic) bond motifs is 1. The third kappa shape index (κ3) is 2.58. The van der Waals surface area contributed by atoms with Gasteiger partial charge < -0.3 is 4.74 Å². The minimum absolute atomic E-state index is 0.0804. The molecule has 0 saturated carbocycles. The molecular formula is C15H9BrF2N2O. The van der Waals surface area contributed by atoms with E-state index in [-0.39, 0.29) is 17.2 Å². The lowest BCUT2D eigenvalue weighted by Gasteiger charge is -2.10. The molecule has 0 bridgehead atoms. The number of hydrogen-bond acceptors (Lipinski definition) is 3. The van der Waals surface area contributed by atoms with Crippen LogP contribution in [0.25, 0.3) is 11.0 Å². The summed E-state index contributed by atoms with van der Waals surface area (Å²) in [5, 5.41) is 0. The van der Waals surface area contributed by atoms with Crippen LogP contribution in [0.1, 0.15) is 5.56 Å². The zero-order valence-corrected chi connectivity index (χ0v) is 12.5. The molecule has 3 nitrogen and oxygen atoms in total. The number of halogens is 3. The molecule has 0 saturated heterocycles. The highest BCUT2D eigenvalue weighted by Crippen LogP contribution is 2.31. The summed E-state index contributed by atoms with van der Waals surface area (Å²) >= 11 is 3.27. The van der Waals surface area contributed by atoms with Gasteiger partial charge in [-0.2, -0.15) is 0 Å². The number of nitrogens with zero attached hydrogens (tertiary/aromatic N) is 2. The Morgan fingerprint density at radius 1 is 1.00 bits per heavy atom. The summed E-state index contributed by atoms with van der Waals surface area (Å²) in [6.45, 7) is 1.44. The number of para-hydroxylation sites is 2. The monoisotopic (exact) mass is 350 g/mol. The maximum atomic E-state index is 13.5. The topological polar surface area (TPSA) is 35.0 Å². The average Bonchev–Trinajstić information content (AvgIpc) is 2.48. The second kappa shape index (κ2) is 5.37. The van der Waals surface area contributed by atoms with Gasteiger partial charge >= 0.3 is 0 Å². The Bertz CT molecular complexity index is 839. The fraction of sp³-hybridized carbons (Fsp3) is 0.0667. The van der Waals surface area contributed by atoms with E-state index in [1.807, 2.05) is 18.2 Å². The molecule has 0 unspecified atom stereocenters. The smallest absolute Gasteiger partial charge is 0.253 e. The minimum Gasteiger partial charge on any atom is -0.436 e. The van der Waals surface area contributed by atoms with E-state index in [0.717, 1.165) is 6.07 Å². The predicted molar refractivity (Wildman–Crippen MR) is 78.4 cm³/mol. The zero-order valence-electron chi connectivity index (χ0n) is 10.9. The van der Waals surface area contributed by atoms with Gasteiger partial charge in [0.1, 0.15) is 5.75 Å². The first kappa shape index (κ1) is 13.9. The number of aromatic nitrogens is 2. The first-order valence-electron chi connectivity index (χ1n) is 6.11. The lowest BCUT2D eigenvalue weighted by Crippen LogP contribution is -1.97. The molecule has 106 valence electrons. The van der Waals surface area contributed by atoms with E-state index in [2.05, 4.69) is 25.9 Å². The molecule has 1 heterocycles. The molecule has 21 heavy (non-hydrogen) atoms. The third-order valence-corrected chi connectivity index (χ3v) is 3.51. The quantitative estimate of drug-likeness (QED) is 0.667. The van der Waals surface area contributed by atoms with Crippen molar-refractivity contribution in [2.45, 2.75) is 6.92 Å². The average molecular weight is 351 g/mol. The first-order chi connectivity index (χ1) is 10.1. The van der Waals surface area contributed by atoms with Gasteiger partial charge in [0.25, 0.3) is 5.88 Å². The van der Waals surface area contributed by atoms with E-state index in [1.54, 1.807) is 6.07 Å². The normalized spacial score (nSPS) is 10.9. The van der Waals surface area contributed by atoms with Crippen molar-refractivity contribution in [3.05, 3.63) is 58.2 Å². The summed E-state index contributed by atoms with van der Waals surface area (Å²) in [7, 11) is 0. The van der Waals surface area contributed by atoms with E-state index in [9.17, 15) is 8.78 Å². The third-order valence-electron chi connectivity index (χ3n) is 3.00. The largest absolute Gasteiger partial charge is 0.436 e. The summed E-state index contributed by atoms with van der Waals surface area (Å²) in [5.74, 6) is -1.46. The molecule has 2 aromatic carbocycles. The van der Waals surface area contributed by atoms with Crippen LogP contribution in [0.15, 0.2) is 41.0 Å².